The van der Waals surface area contributed by atoms with E-state index in [9.17, 15) is 9.59 Å². The normalized spacial score (nSPS) is 17.8. The SMILES string of the molecule is COc1cccc(OCCNC(=O)[C@@H]2CCC(=O)N(Cc3ccccc3)[C@H]2c2ccccc2)c1. The quantitative estimate of drug-likeness (QED) is 0.484. The Hall–Kier alpha value is -3.80. The van der Waals surface area contributed by atoms with Crippen LogP contribution in [-0.2, 0) is 16.1 Å². The molecule has 1 N–H and O–H groups in total. The minimum absolute atomic E-state index is 0.0614. The van der Waals surface area contributed by atoms with Crippen molar-refractivity contribution in [1.82, 2.24) is 10.2 Å². The van der Waals surface area contributed by atoms with Crippen molar-refractivity contribution >= 4 is 11.8 Å². The number of rotatable bonds is 9. The number of hydrogen-bond acceptors (Lipinski definition) is 4. The van der Waals surface area contributed by atoms with Crippen LogP contribution in [0.2, 0.25) is 0 Å². The predicted octanol–water partition coefficient (Wildman–Crippen LogP) is 4.37. The molecule has 0 radical (unpaired) electrons. The van der Waals surface area contributed by atoms with E-state index in [1.54, 1.807) is 7.11 Å². The van der Waals surface area contributed by atoms with Gasteiger partial charge in [0, 0.05) is 19.0 Å². The molecule has 4 rings (SSSR count). The zero-order valence-electron chi connectivity index (χ0n) is 19.4. The van der Waals surface area contributed by atoms with Gasteiger partial charge in [-0.2, -0.15) is 0 Å². The fourth-order valence-electron chi connectivity index (χ4n) is 4.42. The Morgan fingerprint density at radius 1 is 0.971 bits per heavy atom. The minimum atomic E-state index is -0.333. The smallest absolute Gasteiger partial charge is 0.225 e. The van der Waals surface area contributed by atoms with Crippen molar-refractivity contribution in [2.45, 2.75) is 25.4 Å². The van der Waals surface area contributed by atoms with Gasteiger partial charge in [0.25, 0.3) is 0 Å². The second-order valence-corrected chi connectivity index (χ2v) is 8.33. The molecule has 2 amide bonds. The standard InChI is InChI=1S/C28H30N2O4/c1-33-23-13-8-14-24(19-23)34-18-17-29-28(32)25-15-16-26(31)30(20-21-9-4-2-5-10-21)27(25)22-11-6-3-7-12-22/h2-14,19,25,27H,15-18,20H2,1H3,(H,29,32)/t25-,27+/m1/s1. The Kier molecular flexibility index (Phi) is 7.81. The first-order chi connectivity index (χ1) is 16.7. The van der Waals surface area contributed by atoms with Gasteiger partial charge in [0.1, 0.15) is 18.1 Å². The van der Waals surface area contributed by atoms with Crippen LogP contribution in [0.15, 0.2) is 84.9 Å². The lowest BCUT2D eigenvalue weighted by molar-refractivity contribution is -0.144. The molecule has 3 aromatic rings. The zero-order chi connectivity index (χ0) is 23.8. The van der Waals surface area contributed by atoms with Crippen LogP contribution in [0.5, 0.6) is 11.5 Å². The van der Waals surface area contributed by atoms with E-state index < -0.39 is 0 Å². The van der Waals surface area contributed by atoms with Gasteiger partial charge in [-0.15, -0.1) is 0 Å². The second kappa shape index (κ2) is 11.4. The van der Waals surface area contributed by atoms with Crippen LogP contribution in [0.3, 0.4) is 0 Å². The summed E-state index contributed by atoms with van der Waals surface area (Å²) >= 11 is 0. The largest absolute Gasteiger partial charge is 0.497 e. The number of carbonyl (C=O) groups excluding carboxylic acids is 2. The molecule has 1 heterocycles. The average molecular weight is 459 g/mol. The van der Waals surface area contributed by atoms with Crippen LogP contribution in [0.4, 0.5) is 0 Å². The van der Waals surface area contributed by atoms with Gasteiger partial charge < -0.3 is 19.7 Å². The first-order valence-electron chi connectivity index (χ1n) is 11.6. The van der Waals surface area contributed by atoms with E-state index in [0.29, 0.717) is 38.3 Å². The van der Waals surface area contributed by atoms with Gasteiger partial charge in [-0.3, -0.25) is 9.59 Å². The van der Waals surface area contributed by atoms with Crippen molar-refractivity contribution in [3.8, 4) is 11.5 Å². The second-order valence-electron chi connectivity index (χ2n) is 8.33. The summed E-state index contributed by atoms with van der Waals surface area (Å²) < 4.78 is 11.0. The highest BCUT2D eigenvalue weighted by Crippen LogP contribution is 2.38. The average Bonchev–Trinajstić information content (AvgIpc) is 2.89. The van der Waals surface area contributed by atoms with Crippen molar-refractivity contribution in [1.29, 1.82) is 0 Å². The lowest BCUT2D eigenvalue weighted by Crippen LogP contribution is -2.48. The maximum absolute atomic E-state index is 13.3. The number of benzene rings is 3. The van der Waals surface area contributed by atoms with E-state index in [-0.39, 0.29) is 23.8 Å². The highest BCUT2D eigenvalue weighted by atomic mass is 16.5. The number of piperidine rings is 1. The predicted molar refractivity (Wildman–Crippen MR) is 130 cm³/mol. The molecule has 3 aromatic carbocycles. The Morgan fingerprint density at radius 2 is 1.68 bits per heavy atom. The molecule has 0 bridgehead atoms. The first-order valence-corrected chi connectivity index (χ1v) is 11.6. The number of hydrogen-bond donors (Lipinski definition) is 1. The van der Waals surface area contributed by atoms with E-state index in [2.05, 4.69) is 5.32 Å². The number of ether oxygens (including phenoxy) is 2. The number of likely N-dealkylation sites (tertiary alicyclic amines) is 1. The Morgan fingerprint density at radius 3 is 2.41 bits per heavy atom. The van der Waals surface area contributed by atoms with Crippen molar-refractivity contribution in [2.24, 2.45) is 5.92 Å². The lowest BCUT2D eigenvalue weighted by atomic mass is 9.83. The summed E-state index contributed by atoms with van der Waals surface area (Å²) in [5, 5.41) is 3.02. The van der Waals surface area contributed by atoms with Crippen LogP contribution < -0.4 is 14.8 Å². The molecule has 6 heteroatoms. The van der Waals surface area contributed by atoms with E-state index >= 15 is 0 Å². The van der Waals surface area contributed by atoms with Crippen LogP contribution in [0.25, 0.3) is 0 Å². The minimum Gasteiger partial charge on any atom is -0.497 e. The monoisotopic (exact) mass is 458 g/mol. The van der Waals surface area contributed by atoms with E-state index in [0.717, 1.165) is 16.9 Å². The first kappa shape index (κ1) is 23.4. The molecule has 1 aliphatic heterocycles. The van der Waals surface area contributed by atoms with Crippen molar-refractivity contribution < 1.29 is 19.1 Å². The Labute approximate surface area is 200 Å². The number of nitrogens with zero attached hydrogens (tertiary/aromatic N) is 1. The molecule has 1 saturated heterocycles. The molecule has 0 saturated carbocycles. The highest BCUT2D eigenvalue weighted by Gasteiger charge is 2.40. The number of methoxy groups -OCH3 is 1. The Balaban J connectivity index is 1.45. The topological polar surface area (TPSA) is 67.9 Å². The van der Waals surface area contributed by atoms with Gasteiger partial charge in [0.15, 0.2) is 0 Å². The van der Waals surface area contributed by atoms with Gasteiger partial charge in [0.2, 0.25) is 11.8 Å². The summed E-state index contributed by atoms with van der Waals surface area (Å²) in [5.74, 6) is 1.09. The van der Waals surface area contributed by atoms with Gasteiger partial charge in [-0.25, -0.2) is 0 Å². The van der Waals surface area contributed by atoms with Gasteiger partial charge in [-0.1, -0.05) is 66.7 Å². The van der Waals surface area contributed by atoms with Gasteiger partial charge >= 0.3 is 0 Å². The molecule has 176 valence electrons. The summed E-state index contributed by atoms with van der Waals surface area (Å²) in [6.45, 7) is 1.19. The summed E-state index contributed by atoms with van der Waals surface area (Å²) in [4.78, 5) is 28.1. The van der Waals surface area contributed by atoms with Crippen LogP contribution in [0.1, 0.15) is 30.0 Å². The summed E-state index contributed by atoms with van der Waals surface area (Å²) in [6.07, 6.45) is 0.876. The number of amides is 2. The van der Waals surface area contributed by atoms with Crippen LogP contribution in [-0.4, -0.2) is 37.0 Å². The van der Waals surface area contributed by atoms with Crippen LogP contribution in [0, 0.1) is 5.92 Å². The lowest BCUT2D eigenvalue weighted by Gasteiger charge is -2.41. The van der Waals surface area contributed by atoms with Gasteiger partial charge in [-0.05, 0) is 29.7 Å². The van der Waals surface area contributed by atoms with Gasteiger partial charge in [0.05, 0.1) is 25.6 Å². The van der Waals surface area contributed by atoms with Crippen molar-refractivity contribution in [2.75, 3.05) is 20.3 Å². The molecule has 6 nitrogen and oxygen atoms in total. The maximum atomic E-state index is 13.3. The summed E-state index contributed by atoms with van der Waals surface area (Å²) in [6, 6.07) is 26.8. The molecule has 0 unspecified atom stereocenters. The third-order valence-electron chi connectivity index (χ3n) is 6.09. The van der Waals surface area contributed by atoms with Crippen LogP contribution >= 0.6 is 0 Å². The van der Waals surface area contributed by atoms with Crippen molar-refractivity contribution in [3.05, 3.63) is 96.1 Å². The summed E-state index contributed by atoms with van der Waals surface area (Å²) in [5.41, 5.74) is 2.02. The van der Waals surface area contributed by atoms with E-state index in [1.807, 2.05) is 89.8 Å². The van der Waals surface area contributed by atoms with E-state index in [4.69, 9.17) is 9.47 Å². The molecule has 0 aliphatic carbocycles. The molecular formula is C28H30N2O4. The summed E-state index contributed by atoms with van der Waals surface area (Å²) in [7, 11) is 1.61. The maximum Gasteiger partial charge on any atom is 0.225 e. The molecule has 1 aliphatic rings. The zero-order valence-corrected chi connectivity index (χ0v) is 19.4. The van der Waals surface area contributed by atoms with Crippen molar-refractivity contribution in [3.63, 3.8) is 0 Å². The fraction of sp³-hybridized carbons (Fsp3) is 0.286. The molecule has 34 heavy (non-hydrogen) atoms. The number of nitrogens with one attached hydrogen (secondary N) is 1. The molecular weight excluding hydrogens is 428 g/mol. The Bertz CT molecular complexity index is 1090. The fourth-order valence-corrected chi connectivity index (χ4v) is 4.42. The third-order valence-corrected chi connectivity index (χ3v) is 6.09. The number of carbonyl (C=O) groups is 2. The third kappa shape index (κ3) is 5.76. The molecule has 0 aromatic heterocycles. The highest BCUT2D eigenvalue weighted by molar-refractivity contribution is 5.85. The molecule has 0 spiro atoms. The molecule has 2 atom stereocenters. The molecule has 1 fully saturated rings. The van der Waals surface area contributed by atoms with E-state index in [1.165, 1.54) is 0 Å².